The van der Waals surface area contributed by atoms with Gasteiger partial charge in [0.05, 0.1) is 5.56 Å². The number of amides is 1. The highest BCUT2D eigenvalue weighted by Gasteiger charge is 2.41. The Bertz CT molecular complexity index is 661. The molecule has 0 unspecified atom stereocenters. The molecule has 3 nitrogen and oxygen atoms in total. The maximum Gasteiger partial charge on any atom is 0.255 e. The predicted molar refractivity (Wildman–Crippen MR) is 94.5 cm³/mol. The van der Waals surface area contributed by atoms with Gasteiger partial charge in [-0.05, 0) is 43.4 Å². The van der Waals surface area contributed by atoms with Crippen LogP contribution in [0, 0.1) is 5.92 Å². The van der Waals surface area contributed by atoms with Gasteiger partial charge in [-0.1, -0.05) is 29.8 Å². The zero-order valence-corrected chi connectivity index (χ0v) is 15.9. The summed E-state index contributed by atoms with van der Waals surface area (Å²) >= 11 is 3.53. The Hall–Kier alpha value is -0.600. The molecule has 0 aromatic heterocycles. The molecule has 1 aliphatic heterocycles. The minimum absolute atomic E-state index is 0.0824. The van der Waals surface area contributed by atoms with Crippen molar-refractivity contribution in [3.05, 3.63) is 27.7 Å². The van der Waals surface area contributed by atoms with Crippen molar-refractivity contribution in [3.8, 4) is 0 Å². The maximum atomic E-state index is 13.2. The van der Waals surface area contributed by atoms with E-state index in [1.807, 2.05) is 30.9 Å². The van der Waals surface area contributed by atoms with Crippen LogP contribution in [-0.4, -0.2) is 29.2 Å². The van der Waals surface area contributed by atoms with Crippen molar-refractivity contribution in [2.75, 3.05) is 12.3 Å². The minimum Gasteiger partial charge on any atom is -0.331 e. The Kier molecular flexibility index (Phi) is 4.28. The molecular formula is C17H23BrNO2P. The number of hydrogen-bond donors (Lipinski definition) is 0. The molecule has 1 aliphatic carbocycles. The van der Waals surface area contributed by atoms with Gasteiger partial charge in [-0.3, -0.25) is 4.79 Å². The van der Waals surface area contributed by atoms with Gasteiger partial charge in [0.2, 0.25) is 0 Å². The van der Waals surface area contributed by atoms with Crippen molar-refractivity contribution in [3.63, 3.8) is 0 Å². The topological polar surface area (TPSA) is 37.4 Å². The summed E-state index contributed by atoms with van der Waals surface area (Å²) in [5.74, 6) is 0.730. The molecule has 5 heteroatoms. The molecule has 0 radical (unpaired) electrons. The highest BCUT2D eigenvalue weighted by Crippen LogP contribution is 2.47. The molecule has 1 aromatic carbocycles. The number of carbonyl (C=O) groups is 1. The molecule has 0 bridgehead atoms. The SMILES string of the molecule is CCP(=O)(CC)c1cc(Br)cc2c1C(=O)N([C@@H](C)C1CC1)C2. The fourth-order valence-electron chi connectivity index (χ4n) is 3.47. The molecule has 1 saturated carbocycles. The summed E-state index contributed by atoms with van der Waals surface area (Å²) in [6.45, 7) is 6.73. The van der Waals surface area contributed by atoms with Gasteiger partial charge in [0.1, 0.15) is 7.14 Å². The highest BCUT2D eigenvalue weighted by atomic mass is 79.9. The lowest BCUT2D eigenvalue weighted by atomic mass is 10.1. The molecule has 1 atom stereocenters. The quantitative estimate of drug-likeness (QED) is 0.713. The Balaban J connectivity index is 2.07. The number of benzene rings is 1. The van der Waals surface area contributed by atoms with Crippen LogP contribution in [0.4, 0.5) is 0 Å². The monoisotopic (exact) mass is 383 g/mol. The molecule has 22 heavy (non-hydrogen) atoms. The van der Waals surface area contributed by atoms with Gasteiger partial charge >= 0.3 is 0 Å². The van der Waals surface area contributed by atoms with Gasteiger partial charge in [0.25, 0.3) is 5.91 Å². The Morgan fingerprint density at radius 3 is 2.50 bits per heavy atom. The van der Waals surface area contributed by atoms with E-state index in [1.54, 1.807) is 0 Å². The number of rotatable bonds is 5. The highest BCUT2D eigenvalue weighted by molar-refractivity contribution is 9.10. The Morgan fingerprint density at radius 2 is 1.95 bits per heavy atom. The molecule has 1 amide bonds. The van der Waals surface area contributed by atoms with E-state index in [4.69, 9.17) is 0 Å². The molecule has 2 aliphatic rings. The third kappa shape index (κ3) is 2.59. The summed E-state index contributed by atoms with van der Waals surface area (Å²) < 4.78 is 14.2. The number of carbonyl (C=O) groups excluding carboxylic acids is 1. The molecule has 1 heterocycles. The molecule has 0 N–H and O–H groups in total. The average molecular weight is 384 g/mol. The molecule has 0 spiro atoms. The third-order valence-electron chi connectivity index (χ3n) is 5.24. The van der Waals surface area contributed by atoms with E-state index in [1.165, 1.54) is 12.8 Å². The van der Waals surface area contributed by atoms with E-state index in [0.717, 1.165) is 20.9 Å². The largest absolute Gasteiger partial charge is 0.331 e. The van der Waals surface area contributed by atoms with Gasteiger partial charge in [-0.25, -0.2) is 0 Å². The summed E-state index contributed by atoms with van der Waals surface area (Å²) in [5.41, 5.74) is 1.76. The number of nitrogens with zero attached hydrogens (tertiary/aromatic N) is 1. The van der Waals surface area contributed by atoms with Crippen molar-refractivity contribution in [2.24, 2.45) is 5.92 Å². The minimum atomic E-state index is -2.48. The second-order valence-corrected chi connectivity index (χ2v) is 10.9. The van der Waals surface area contributed by atoms with Crippen LogP contribution < -0.4 is 5.30 Å². The maximum absolute atomic E-state index is 13.2. The average Bonchev–Trinajstić information content (AvgIpc) is 3.30. The van der Waals surface area contributed by atoms with E-state index in [0.29, 0.717) is 24.8 Å². The van der Waals surface area contributed by atoms with Crippen LogP contribution in [0.2, 0.25) is 0 Å². The van der Waals surface area contributed by atoms with Crippen LogP contribution in [0.15, 0.2) is 16.6 Å². The fraction of sp³-hybridized carbons (Fsp3) is 0.588. The first-order valence-electron chi connectivity index (χ1n) is 8.13. The Labute approximate surface area is 141 Å². The first-order chi connectivity index (χ1) is 10.4. The van der Waals surface area contributed by atoms with Crippen molar-refractivity contribution >= 4 is 34.3 Å². The van der Waals surface area contributed by atoms with Crippen LogP contribution >= 0.6 is 23.1 Å². The van der Waals surface area contributed by atoms with E-state index >= 15 is 0 Å². The first kappa shape index (κ1) is 16.3. The van der Waals surface area contributed by atoms with Gasteiger partial charge in [-0.2, -0.15) is 0 Å². The van der Waals surface area contributed by atoms with Crippen LogP contribution in [0.25, 0.3) is 0 Å². The Morgan fingerprint density at radius 1 is 1.32 bits per heavy atom. The molecule has 0 saturated heterocycles. The van der Waals surface area contributed by atoms with E-state index in [9.17, 15) is 9.36 Å². The molecular weight excluding hydrogens is 361 g/mol. The summed E-state index contributed by atoms with van der Waals surface area (Å²) in [7, 11) is -2.48. The third-order valence-corrected chi connectivity index (χ3v) is 8.97. The lowest BCUT2D eigenvalue weighted by Crippen LogP contribution is -2.35. The van der Waals surface area contributed by atoms with Crippen LogP contribution in [0.5, 0.6) is 0 Å². The zero-order valence-electron chi connectivity index (χ0n) is 13.4. The lowest BCUT2D eigenvalue weighted by Gasteiger charge is -2.24. The molecule has 1 aromatic rings. The van der Waals surface area contributed by atoms with Crippen LogP contribution in [0.3, 0.4) is 0 Å². The number of hydrogen-bond acceptors (Lipinski definition) is 2. The predicted octanol–water partition coefficient (Wildman–Crippen LogP) is 4.23. The normalized spacial score (nSPS) is 19.5. The van der Waals surface area contributed by atoms with E-state index in [-0.39, 0.29) is 11.9 Å². The van der Waals surface area contributed by atoms with Crippen LogP contribution in [-0.2, 0) is 11.1 Å². The van der Waals surface area contributed by atoms with Crippen molar-refractivity contribution in [1.29, 1.82) is 0 Å². The van der Waals surface area contributed by atoms with Gasteiger partial charge in [-0.15, -0.1) is 0 Å². The number of halogens is 1. The van der Waals surface area contributed by atoms with Gasteiger partial charge < -0.3 is 9.46 Å². The molecule has 3 rings (SSSR count). The second kappa shape index (κ2) is 5.79. The van der Waals surface area contributed by atoms with Gasteiger partial charge in [0, 0.05) is 34.7 Å². The standard InChI is InChI=1S/C17H23BrNO2P/c1-4-22(21,5-2)15-9-14(18)8-13-10-19(17(20)16(13)15)11(3)12-6-7-12/h8-9,11-12H,4-7,10H2,1-3H3/t11-/m0/s1. The van der Waals surface area contributed by atoms with Crippen molar-refractivity contribution < 1.29 is 9.36 Å². The number of fused-ring (bicyclic) bond motifs is 1. The van der Waals surface area contributed by atoms with Crippen LogP contribution in [0.1, 0.15) is 49.5 Å². The summed E-state index contributed by atoms with van der Waals surface area (Å²) in [6, 6.07) is 4.22. The smallest absolute Gasteiger partial charge is 0.255 e. The molecule has 1 fully saturated rings. The lowest BCUT2D eigenvalue weighted by molar-refractivity contribution is 0.0698. The second-order valence-electron chi connectivity index (χ2n) is 6.49. The van der Waals surface area contributed by atoms with Crippen molar-refractivity contribution in [1.82, 2.24) is 4.90 Å². The zero-order chi connectivity index (χ0) is 16.1. The van der Waals surface area contributed by atoms with Crippen molar-refractivity contribution in [2.45, 2.75) is 46.2 Å². The fourth-order valence-corrected chi connectivity index (χ4v) is 6.30. The summed E-state index contributed by atoms with van der Waals surface area (Å²) in [6.07, 6.45) is 3.66. The summed E-state index contributed by atoms with van der Waals surface area (Å²) in [4.78, 5) is 15.0. The van der Waals surface area contributed by atoms with Gasteiger partial charge in [0.15, 0.2) is 0 Å². The van der Waals surface area contributed by atoms with E-state index in [2.05, 4.69) is 22.9 Å². The van der Waals surface area contributed by atoms with E-state index < -0.39 is 7.14 Å². The molecule has 120 valence electrons. The summed E-state index contributed by atoms with van der Waals surface area (Å²) in [5, 5.41) is 0.789. The first-order valence-corrected chi connectivity index (χ1v) is 11.0.